The molecule has 1 aromatic rings. The number of ether oxygens (including phenoxy) is 2. The standard InChI is InChI=1S/C10H18N4O3/c1-15-7-9-12-10(13-17-9)8(11)6-14-2-4-16-5-3-14/h8H,2-7,11H2,1H3. The van der Waals surface area contributed by atoms with Gasteiger partial charge in [0.2, 0.25) is 0 Å². The number of morpholine rings is 1. The van der Waals surface area contributed by atoms with Gasteiger partial charge in [-0.1, -0.05) is 5.16 Å². The number of methoxy groups -OCH3 is 1. The predicted molar refractivity (Wildman–Crippen MR) is 59.2 cm³/mol. The van der Waals surface area contributed by atoms with Gasteiger partial charge in [0.25, 0.3) is 5.89 Å². The Morgan fingerprint density at radius 1 is 1.47 bits per heavy atom. The van der Waals surface area contributed by atoms with Crippen molar-refractivity contribution in [1.82, 2.24) is 15.0 Å². The fourth-order valence-corrected chi connectivity index (χ4v) is 1.74. The summed E-state index contributed by atoms with van der Waals surface area (Å²) in [6.07, 6.45) is 0. The fourth-order valence-electron chi connectivity index (χ4n) is 1.74. The number of hydrogen-bond donors (Lipinski definition) is 1. The van der Waals surface area contributed by atoms with Crippen LogP contribution in [0.15, 0.2) is 4.52 Å². The number of nitrogens with zero attached hydrogens (tertiary/aromatic N) is 3. The highest BCUT2D eigenvalue weighted by Crippen LogP contribution is 2.10. The van der Waals surface area contributed by atoms with Crippen molar-refractivity contribution in [2.24, 2.45) is 5.73 Å². The van der Waals surface area contributed by atoms with E-state index in [0.29, 0.717) is 18.3 Å². The van der Waals surface area contributed by atoms with E-state index in [4.69, 9.17) is 19.7 Å². The molecule has 0 saturated carbocycles. The van der Waals surface area contributed by atoms with Gasteiger partial charge in [0.05, 0.1) is 19.3 Å². The highest BCUT2D eigenvalue weighted by atomic mass is 16.5. The Labute approximate surface area is 99.9 Å². The molecule has 1 fully saturated rings. The highest BCUT2D eigenvalue weighted by molar-refractivity contribution is 4.93. The van der Waals surface area contributed by atoms with Crippen LogP contribution in [0.2, 0.25) is 0 Å². The Kier molecular flexibility index (Phi) is 4.43. The van der Waals surface area contributed by atoms with Gasteiger partial charge < -0.3 is 19.7 Å². The van der Waals surface area contributed by atoms with Crippen LogP contribution in [0.25, 0.3) is 0 Å². The first-order valence-electron chi connectivity index (χ1n) is 5.66. The van der Waals surface area contributed by atoms with Gasteiger partial charge in [0.15, 0.2) is 5.82 Å². The molecule has 0 aliphatic carbocycles. The maximum atomic E-state index is 6.03. The molecule has 7 heteroatoms. The second-order valence-corrected chi connectivity index (χ2v) is 4.00. The summed E-state index contributed by atoms with van der Waals surface area (Å²) in [4.78, 5) is 6.42. The first-order valence-corrected chi connectivity index (χ1v) is 5.66. The third-order valence-electron chi connectivity index (χ3n) is 2.64. The summed E-state index contributed by atoms with van der Waals surface area (Å²) >= 11 is 0. The third-order valence-corrected chi connectivity index (χ3v) is 2.64. The lowest BCUT2D eigenvalue weighted by Crippen LogP contribution is -2.40. The van der Waals surface area contributed by atoms with E-state index in [9.17, 15) is 0 Å². The van der Waals surface area contributed by atoms with Crippen LogP contribution in [0.1, 0.15) is 17.8 Å². The molecular weight excluding hydrogens is 224 g/mol. The van der Waals surface area contributed by atoms with Crippen LogP contribution < -0.4 is 5.73 Å². The Bertz CT molecular complexity index is 338. The third kappa shape index (κ3) is 3.47. The second kappa shape index (κ2) is 6.06. The van der Waals surface area contributed by atoms with Gasteiger partial charge in [-0.3, -0.25) is 4.90 Å². The predicted octanol–water partition coefficient (Wildman–Crippen LogP) is -0.452. The SMILES string of the molecule is COCc1nc(C(N)CN2CCOCC2)no1. The van der Waals surface area contributed by atoms with Crippen LogP contribution in [0, 0.1) is 0 Å². The molecule has 0 amide bonds. The van der Waals surface area contributed by atoms with Crippen molar-refractivity contribution in [3.8, 4) is 0 Å². The average molecular weight is 242 g/mol. The molecule has 2 rings (SSSR count). The molecule has 0 aromatic carbocycles. The van der Waals surface area contributed by atoms with Crippen molar-refractivity contribution >= 4 is 0 Å². The normalized spacial score (nSPS) is 19.4. The van der Waals surface area contributed by atoms with Crippen molar-refractivity contribution in [3.05, 3.63) is 11.7 Å². The molecule has 96 valence electrons. The summed E-state index contributed by atoms with van der Waals surface area (Å²) in [7, 11) is 1.58. The molecule has 0 spiro atoms. The van der Waals surface area contributed by atoms with Crippen molar-refractivity contribution in [1.29, 1.82) is 0 Å². The van der Waals surface area contributed by atoms with E-state index < -0.39 is 0 Å². The van der Waals surface area contributed by atoms with Crippen molar-refractivity contribution in [2.45, 2.75) is 12.6 Å². The molecule has 1 aliphatic rings. The maximum Gasteiger partial charge on any atom is 0.252 e. The summed E-state index contributed by atoms with van der Waals surface area (Å²) < 4.78 is 15.2. The lowest BCUT2D eigenvalue weighted by atomic mass is 10.2. The van der Waals surface area contributed by atoms with Crippen molar-refractivity contribution in [3.63, 3.8) is 0 Å². The van der Waals surface area contributed by atoms with Gasteiger partial charge in [0, 0.05) is 26.7 Å². The Hall–Kier alpha value is -1.02. The maximum absolute atomic E-state index is 6.03. The summed E-state index contributed by atoms with van der Waals surface area (Å²) in [5, 5.41) is 3.85. The molecule has 1 atom stereocenters. The van der Waals surface area contributed by atoms with E-state index in [0.717, 1.165) is 32.8 Å². The molecule has 1 saturated heterocycles. The van der Waals surface area contributed by atoms with Crippen LogP contribution in [-0.4, -0.2) is 55.0 Å². The number of nitrogens with two attached hydrogens (primary N) is 1. The van der Waals surface area contributed by atoms with E-state index in [-0.39, 0.29) is 6.04 Å². The van der Waals surface area contributed by atoms with Crippen molar-refractivity contribution < 1.29 is 14.0 Å². The Balaban J connectivity index is 1.86. The van der Waals surface area contributed by atoms with Gasteiger partial charge >= 0.3 is 0 Å². The zero-order valence-electron chi connectivity index (χ0n) is 9.96. The minimum atomic E-state index is -0.234. The molecule has 2 heterocycles. The van der Waals surface area contributed by atoms with E-state index in [2.05, 4.69) is 15.0 Å². The molecule has 7 nitrogen and oxygen atoms in total. The smallest absolute Gasteiger partial charge is 0.252 e. The fraction of sp³-hybridized carbons (Fsp3) is 0.800. The lowest BCUT2D eigenvalue weighted by Gasteiger charge is -2.27. The van der Waals surface area contributed by atoms with Gasteiger partial charge in [-0.25, -0.2) is 0 Å². The highest BCUT2D eigenvalue weighted by Gasteiger charge is 2.19. The van der Waals surface area contributed by atoms with Gasteiger partial charge in [0.1, 0.15) is 6.61 Å². The van der Waals surface area contributed by atoms with Crippen molar-refractivity contribution in [2.75, 3.05) is 40.0 Å². The van der Waals surface area contributed by atoms with E-state index in [1.54, 1.807) is 7.11 Å². The largest absolute Gasteiger partial charge is 0.379 e. The monoisotopic (exact) mass is 242 g/mol. The minimum absolute atomic E-state index is 0.234. The van der Waals surface area contributed by atoms with E-state index in [1.807, 2.05) is 0 Å². The molecule has 0 bridgehead atoms. The Morgan fingerprint density at radius 3 is 2.94 bits per heavy atom. The topological polar surface area (TPSA) is 86.6 Å². The molecule has 1 aromatic heterocycles. The van der Waals surface area contributed by atoms with Gasteiger partial charge in [-0.15, -0.1) is 0 Å². The zero-order chi connectivity index (χ0) is 12.1. The summed E-state index contributed by atoms with van der Waals surface area (Å²) in [5.41, 5.74) is 6.03. The van der Waals surface area contributed by atoms with Gasteiger partial charge in [-0.2, -0.15) is 4.98 Å². The number of rotatable bonds is 5. The molecule has 0 radical (unpaired) electrons. The lowest BCUT2D eigenvalue weighted by molar-refractivity contribution is 0.0348. The average Bonchev–Trinajstić information content (AvgIpc) is 2.79. The first kappa shape index (κ1) is 12.4. The van der Waals surface area contributed by atoms with Crippen LogP contribution in [0.4, 0.5) is 0 Å². The summed E-state index contributed by atoms with van der Waals surface area (Å²) in [5.74, 6) is 0.989. The van der Waals surface area contributed by atoms with E-state index >= 15 is 0 Å². The van der Waals surface area contributed by atoms with E-state index in [1.165, 1.54) is 0 Å². The van der Waals surface area contributed by atoms with Crippen LogP contribution in [0.3, 0.4) is 0 Å². The molecule has 2 N–H and O–H groups in total. The van der Waals surface area contributed by atoms with Crippen LogP contribution >= 0.6 is 0 Å². The van der Waals surface area contributed by atoms with Gasteiger partial charge in [-0.05, 0) is 0 Å². The first-order chi connectivity index (χ1) is 8.29. The second-order valence-electron chi connectivity index (χ2n) is 4.00. The summed E-state index contributed by atoms with van der Waals surface area (Å²) in [6, 6.07) is -0.234. The molecule has 1 unspecified atom stereocenters. The van der Waals surface area contributed by atoms with Crippen LogP contribution in [-0.2, 0) is 16.1 Å². The zero-order valence-corrected chi connectivity index (χ0v) is 9.96. The Morgan fingerprint density at radius 2 is 2.24 bits per heavy atom. The minimum Gasteiger partial charge on any atom is -0.379 e. The number of aromatic nitrogens is 2. The molecular formula is C10H18N4O3. The summed E-state index contributed by atoms with van der Waals surface area (Å²) in [6.45, 7) is 4.35. The quantitative estimate of drug-likeness (QED) is 0.748. The molecule has 1 aliphatic heterocycles. The molecule has 17 heavy (non-hydrogen) atoms. The van der Waals surface area contributed by atoms with Crippen LogP contribution in [0.5, 0.6) is 0 Å². The number of hydrogen-bond acceptors (Lipinski definition) is 7.